The molecule has 0 spiro atoms. The van der Waals surface area contributed by atoms with Gasteiger partial charge in [-0.2, -0.15) is 0 Å². The Morgan fingerprint density at radius 2 is 1.61 bits per heavy atom. The van der Waals surface area contributed by atoms with Gasteiger partial charge in [0, 0.05) is 12.1 Å². The van der Waals surface area contributed by atoms with E-state index in [9.17, 15) is 0 Å². The minimum Gasteiger partial charge on any atom is -0.399 e. The van der Waals surface area contributed by atoms with Crippen LogP contribution in [0.25, 0.3) is 0 Å². The molecule has 0 atom stereocenters. The van der Waals surface area contributed by atoms with Gasteiger partial charge < -0.3 is 5.73 Å². The predicted octanol–water partition coefficient (Wildman–Crippen LogP) is 2.16. The first-order chi connectivity index (χ1) is 8.54. The topological polar surface area (TPSA) is 64.7 Å². The van der Waals surface area contributed by atoms with Gasteiger partial charge in [0.15, 0.2) is 0 Å². The molecule has 0 saturated heterocycles. The number of hydrogen-bond acceptors (Lipinski definition) is 4. The summed E-state index contributed by atoms with van der Waals surface area (Å²) >= 11 is 0. The van der Waals surface area contributed by atoms with Crippen LogP contribution in [0.3, 0.4) is 0 Å². The molecule has 0 amide bonds. The number of nitrogen functional groups attached to an aromatic ring is 1. The summed E-state index contributed by atoms with van der Waals surface area (Å²) < 4.78 is 0. The van der Waals surface area contributed by atoms with Gasteiger partial charge in [-0.1, -0.05) is 12.1 Å². The molecule has 0 aliphatic heterocycles. The van der Waals surface area contributed by atoms with Gasteiger partial charge >= 0.3 is 0 Å². The lowest BCUT2D eigenvalue weighted by molar-refractivity contribution is 0.793. The highest BCUT2D eigenvalue weighted by molar-refractivity contribution is 5.48. The molecule has 4 nitrogen and oxygen atoms in total. The molecule has 18 heavy (non-hydrogen) atoms. The number of anilines is 1. The zero-order chi connectivity index (χ0) is 13.1. The predicted molar refractivity (Wildman–Crippen MR) is 72.3 cm³/mol. The number of rotatable bonds is 3. The number of hydrogen-bond donors (Lipinski definition) is 1. The van der Waals surface area contributed by atoms with Crippen LogP contribution in [0.2, 0.25) is 0 Å². The van der Waals surface area contributed by atoms with Crippen molar-refractivity contribution in [3.05, 3.63) is 46.8 Å². The van der Waals surface area contributed by atoms with Crippen LogP contribution in [0.15, 0.2) is 18.2 Å². The summed E-state index contributed by atoms with van der Waals surface area (Å²) in [4.78, 5) is 12.8. The number of aryl methyl sites for hydroxylation is 5. The summed E-state index contributed by atoms with van der Waals surface area (Å²) in [5.41, 5.74) is 9.07. The minimum absolute atomic E-state index is 0.779. The zero-order valence-corrected chi connectivity index (χ0v) is 11.1. The smallest absolute Gasteiger partial charge is 0.132 e. The van der Waals surface area contributed by atoms with Gasteiger partial charge in [0.05, 0.1) is 0 Å². The van der Waals surface area contributed by atoms with Crippen molar-refractivity contribution in [1.82, 2.24) is 15.0 Å². The third kappa shape index (κ3) is 3.03. The van der Waals surface area contributed by atoms with Gasteiger partial charge in [-0.3, -0.25) is 0 Å². The lowest BCUT2D eigenvalue weighted by Gasteiger charge is -2.05. The van der Waals surface area contributed by atoms with E-state index in [1.165, 1.54) is 5.56 Å². The van der Waals surface area contributed by atoms with E-state index in [1.807, 2.05) is 26.8 Å². The summed E-state index contributed by atoms with van der Waals surface area (Å²) in [6, 6.07) is 6.18. The van der Waals surface area contributed by atoms with E-state index in [-0.39, 0.29) is 0 Å². The maximum atomic E-state index is 5.90. The largest absolute Gasteiger partial charge is 0.399 e. The molecule has 0 fully saturated rings. The van der Waals surface area contributed by atoms with Crippen molar-refractivity contribution in [2.75, 3.05) is 5.73 Å². The monoisotopic (exact) mass is 242 g/mol. The van der Waals surface area contributed by atoms with Gasteiger partial charge in [0.25, 0.3) is 0 Å². The first-order valence-electron chi connectivity index (χ1n) is 6.08. The van der Waals surface area contributed by atoms with E-state index < -0.39 is 0 Å². The average Bonchev–Trinajstić information content (AvgIpc) is 2.29. The standard InChI is InChI=1S/C14H18N4/c1-9-4-5-12(8-13(9)15)6-7-14-17-10(2)16-11(3)18-14/h4-5,8H,6-7,15H2,1-3H3. The van der Waals surface area contributed by atoms with Crippen molar-refractivity contribution in [3.63, 3.8) is 0 Å². The van der Waals surface area contributed by atoms with E-state index >= 15 is 0 Å². The molecule has 0 bridgehead atoms. The first kappa shape index (κ1) is 12.5. The van der Waals surface area contributed by atoms with Crippen LogP contribution in [0.1, 0.15) is 28.6 Å². The van der Waals surface area contributed by atoms with E-state index in [4.69, 9.17) is 5.73 Å². The Morgan fingerprint density at radius 1 is 0.944 bits per heavy atom. The van der Waals surface area contributed by atoms with E-state index in [1.54, 1.807) is 0 Å². The van der Waals surface area contributed by atoms with Crippen molar-refractivity contribution < 1.29 is 0 Å². The van der Waals surface area contributed by atoms with Crippen LogP contribution in [0.5, 0.6) is 0 Å². The molecular weight excluding hydrogens is 224 g/mol. The Bertz CT molecular complexity index is 543. The van der Waals surface area contributed by atoms with Crippen molar-refractivity contribution in [2.24, 2.45) is 0 Å². The number of aromatic nitrogens is 3. The van der Waals surface area contributed by atoms with Gasteiger partial charge in [-0.05, 0) is 44.4 Å². The van der Waals surface area contributed by atoms with Gasteiger partial charge in [0.1, 0.15) is 17.5 Å². The first-order valence-corrected chi connectivity index (χ1v) is 6.08. The van der Waals surface area contributed by atoms with Crippen LogP contribution in [-0.2, 0) is 12.8 Å². The minimum atomic E-state index is 0.779. The normalized spacial score (nSPS) is 10.6. The highest BCUT2D eigenvalue weighted by atomic mass is 15.0. The molecule has 0 radical (unpaired) electrons. The molecule has 2 aromatic rings. The summed E-state index contributed by atoms with van der Waals surface area (Å²) in [7, 11) is 0. The molecule has 1 aromatic carbocycles. The maximum Gasteiger partial charge on any atom is 0.132 e. The van der Waals surface area contributed by atoms with Gasteiger partial charge in [-0.15, -0.1) is 0 Å². The number of benzene rings is 1. The third-order valence-corrected chi connectivity index (χ3v) is 2.89. The Hall–Kier alpha value is -1.97. The lowest BCUT2D eigenvalue weighted by Crippen LogP contribution is -2.04. The van der Waals surface area contributed by atoms with Gasteiger partial charge in [0.2, 0.25) is 0 Å². The maximum absolute atomic E-state index is 5.90. The Balaban J connectivity index is 2.08. The molecule has 2 rings (SSSR count). The second-order valence-corrected chi connectivity index (χ2v) is 4.54. The summed E-state index contributed by atoms with van der Waals surface area (Å²) in [6.45, 7) is 5.79. The van der Waals surface area contributed by atoms with Gasteiger partial charge in [-0.25, -0.2) is 15.0 Å². The molecule has 2 N–H and O–H groups in total. The van der Waals surface area contributed by atoms with Crippen molar-refractivity contribution in [2.45, 2.75) is 33.6 Å². The van der Waals surface area contributed by atoms with Crippen LogP contribution >= 0.6 is 0 Å². The van der Waals surface area contributed by atoms with Crippen LogP contribution < -0.4 is 5.73 Å². The van der Waals surface area contributed by atoms with Crippen LogP contribution in [0.4, 0.5) is 5.69 Å². The fraction of sp³-hybridized carbons (Fsp3) is 0.357. The average molecular weight is 242 g/mol. The van der Waals surface area contributed by atoms with Crippen LogP contribution in [-0.4, -0.2) is 15.0 Å². The molecule has 0 aliphatic carbocycles. The zero-order valence-electron chi connectivity index (χ0n) is 11.1. The summed E-state index contributed by atoms with van der Waals surface area (Å²) in [6.07, 6.45) is 1.71. The molecule has 1 heterocycles. The highest BCUT2D eigenvalue weighted by Crippen LogP contribution is 2.14. The summed E-state index contributed by atoms with van der Waals surface area (Å²) in [5, 5.41) is 0. The number of nitrogens with zero attached hydrogens (tertiary/aromatic N) is 3. The van der Waals surface area contributed by atoms with Crippen molar-refractivity contribution in [3.8, 4) is 0 Å². The molecule has 4 heteroatoms. The van der Waals surface area contributed by atoms with E-state index in [0.717, 1.165) is 41.6 Å². The second kappa shape index (κ2) is 5.12. The molecule has 0 unspecified atom stereocenters. The van der Waals surface area contributed by atoms with Crippen molar-refractivity contribution >= 4 is 5.69 Å². The second-order valence-electron chi connectivity index (χ2n) is 4.54. The van der Waals surface area contributed by atoms with Crippen LogP contribution in [0, 0.1) is 20.8 Å². The molecule has 1 aromatic heterocycles. The lowest BCUT2D eigenvalue weighted by atomic mass is 10.1. The highest BCUT2D eigenvalue weighted by Gasteiger charge is 2.03. The fourth-order valence-electron chi connectivity index (χ4n) is 1.90. The molecule has 0 saturated carbocycles. The van der Waals surface area contributed by atoms with E-state index in [0.29, 0.717) is 0 Å². The third-order valence-electron chi connectivity index (χ3n) is 2.89. The fourth-order valence-corrected chi connectivity index (χ4v) is 1.90. The Morgan fingerprint density at radius 3 is 2.22 bits per heavy atom. The number of nitrogens with two attached hydrogens (primary N) is 1. The SMILES string of the molecule is Cc1nc(C)nc(CCc2ccc(C)c(N)c2)n1. The summed E-state index contributed by atoms with van der Waals surface area (Å²) in [5.74, 6) is 2.40. The quantitative estimate of drug-likeness (QED) is 0.838. The Labute approximate surface area is 107 Å². The van der Waals surface area contributed by atoms with Crippen molar-refractivity contribution in [1.29, 1.82) is 0 Å². The molecule has 94 valence electrons. The molecule has 0 aliphatic rings. The Kier molecular flexibility index (Phi) is 3.55. The molecular formula is C14H18N4. The van der Waals surface area contributed by atoms with E-state index in [2.05, 4.69) is 27.1 Å².